The second kappa shape index (κ2) is 5.21. The van der Waals surface area contributed by atoms with Crippen molar-refractivity contribution >= 4 is 27.5 Å². The molecule has 3 atom stereocenters. The lowest BCUT2D eigenvalue weighted by molar-refractivity contribution is 0.0641. The lowest BCUT2D eigenvalue weighted by Crippen LogP contribution is -2.24. The summed E-state index contributed by atoms with van der Waals surface area (Å²) >= 11 is 9.39. The molecule has 2 nitrogen and oxygen atoms in total. The number of aliphatic hydroxyl groups excluding tert-OH is 1. The third kappa shape index (κ3) is 2.42. The normalized spacial score (nSPS) is 28.9. The van der Waals surface area contributed by atoms with Gasteiger partial charge in [0.1, 0.15) is 0 Å². The molecule has 18 heavy (non-hydrogen) atoms. The maximum Gasteiger partial charge on any atom is 0.0987 e. The van der Waals surface area contributed by atoms with E-state index in [0.717, 1.165) is 23.7 Å². The Morgan fingerprint density at radius 2 is 2.33 bits per heavy atom. The van der Waals surface area contributed by atoms with E-state index in [2.05, 4.69) is 28.9 Å². The Morgan fingerprint density at radius 1 is 1.61 bits per heavy atom. The number of hydrogen-bond donors (Lipinski definition) is 1. The Balaban J connectivity index is 2.38. The topological polar surface area (TPSA) is 44.0 Å². The zero-order valence-electron chi connectivity index (χ0n) is 10.2. The third-order valence-corrected chi connectivity index (χ3v) is 4.75. The molecule has 0 amide bonds. The molecule has 0 aromatic heterocycles. The molecule has 1 aromatic rings. The van der Waals surface area contributed by atoms with Crippen molar-refractivity contribution in [3.05, 3.63) is 33.3 Å². The van der Waals surface area contributed by atoms with E-state index in [1.165, 1.54) is 0 Å². The quantitative estimate of drug-likeness (QED) is 0.870. The lowest BCUT2D eigenvalue weighted by Gasteiger charge is -2.28. The van der Waals surface area contributed by atoms with Crippen LogP contribution in [-0.2, 0) is 0 Å². The molecule has 0 radical (unpaired) electrons. The van der Waals surface area contributed by atoms with Gasteiger partial charge in [-0.2, -0.15) is 5.26 Å². The van der Waals surface area contributed by atoms with Crippen molar-refractivity contribution in [2.75, 3.05) is 0 Å². The van der Waals surface area contributed by atoms with Gasteiger partial charge in [-0.15, -0.1) is 0 Å². The monoisotopic (exact) mass is 327 g/mol. The van der Waals surface area contributed by atoms with Crippen LogP contribution in [0.15, 0.2) is 22.7 Å². The van der Waals surface area contributed by atoms with Crippen LogP contribution in [0.25, 0.3) is 0 Å². The zero-order chi connectivity index (χ0) is 13.3. The van der Waals surface area contributed by atoms with E-state index >= 15 is 0 Å². The first kappa shape index (κ1) is 13.9. The van der Waals surface area contributed by atoms with E-state index < -0.39 is 11.5 Å². The molecule has 1 aliphatic carbocycles. The van der Waals surface area contributed by atoms with Crippen molar-refractivity contribution in [2.24, 2.45) is 11.3 Å². The molecule has 0 aliphatic heterocycles. The number of rotatable bonds is 2. The van der Waals surface area contributed by atoms with Gasteiger partial charge in [-0.1, -0.05) is 34.5 Å². The fraction of sp³-hybridized carbons (Fsp3) is 0.500. The van der Waals surface area contributed by atoms with Crippen LogP contribution < -0.4 is 0 Å². The Morgan fingerprint density at radius 3 is 2.89 bits per heavy atom. The van der Waals surface area contributed by atoms with Gasteiger partial charge < -0.3 is 5.11 Å². The van der Waals surface area contributed by atoms with E-state index in [1.54, 1.807) is 12.1 Å². The van der Waals surface area contributed by atoms with Gasteiger partial charge in [0.25, 0.3) is 0 Å². The van der Waals surface area contributed by atoms with Gasteiger partial charge in [-0.25, -0.2) is 0 Å². The largest absolute Gasteiger partial charge is 0.387 e. The number of nitriles is 1. The highest BCUT2D eigenvalue weighted by Gasteiger charge is 2.45. The zero-order valence-corrected chi connectivity index (χ0v) is 12.5. The predicted molar refractivity (Wildman–Crippen MR) is 75.2 cm³/mol. The third-order valence-electron chi connectivity index (χ3n) is 3.79. The maximum absolute atomic E-state index is 10.6. The van der Waals surface area contributed by atoms with Crippen LogP contribution >= 0.6 is 27.5 Å². The number of benzene rings is 1. The van der Waals surface area contributed by atoms with Crippen molar-refractivity contribution in [2.45, 2.75) is 32.3 Å². The first-order chi connectivity index (χ1) is 8.48. The van der Waals surface area contributed by atoms with Crippen LogP contribution in [0, 0.1) is 22.7 Å². The van der Waals surface area contributed by atoms with Crippen LogP contribution in [0.5, 0.6) is 0 Å². The predicted octanol–water partition coefficient (Wildman–Crippen LogP) is 4.47. The summed E-state index contributed by atoms with van der Waals surface area (Å²) in [6.07, 6.45) is 1.68. The fourth-order valence-electron chi connectivity index (χ4n) is 2.76. The summed E-state index contributed by atoms with van der Waals surface area (Å²) in [7, 11) is 0. The second-order valence-corrected chi connectivity index (χ2v) is 6.48. The number of aliphatic hydroxyl groups is 1. The summed E-state index contributed by atoms with van der Waals surface area (Å²) in [5.74, 6) is 0.484. The maximum atomic E-state index is 10.6. The summed E-state index contributed by atoms with van der Waals surface area (Å²) in [5.41, 5.74) is 0.0326. The van der Waals surface area contributed by atoms with Gasteiger partial charge in [-0.05, 0) is 48.9 Å². The van der Waals surface area contributed by atoms with Crippen molar-refractivity contribution in [3.63, 3.8) is 0 Å². The molecule has 0 saturated heterocycles. The summed E-state index contributed by atoms with van der Waals surface area (Å²) in [4.78, 5) is 0. The Bertz CT molecular complexity index is 499. The minimum atomic E-state index is -0.791. The van der Waals surface area contributed by atoms with E-state index in [-0.39, 0.29) is 0 Å². The minimum Gasteiger partial charge on any atom is -0.387 e. The molecule has 1 fully saturated rings. The van der Waals surface area contributed by atoms with Crippen molar-refractivity contribution in [1.82, 2.24) is 0 Å². The number of nitrogens with zero attached hydrogens (tertiary/aromatic N) is 1. The molecule has 3 unspecified atom stereocenters. The Kier molecular flexibility index (Phi) is 4.01. The molecule has 0 spiro atoms. The average molecular weight is 329 g/mol. The van der Waals surface area contributed by atoms with E-state index in [0.29, 0.717) is 16.5 Å². The molecule has 2 rings (SSSR count). The molecule has 0 heterocycles. The molecule has 1 aromatic carbocycles. The Hall–Kier alpha value is -0.560. The molecule has 1 aliphatic rings. The fourth-order valence-corrected chi connectivity index (χ4v) is 3.41. The average Bonchev–Trinajstić information content (AvgIpc) is 2.74. The van der Waals surface area contributed by atoms with Gasteiger partial charge in [0, 0.05) is 9.50 Å². The van der Waals surface area contributed by atoms with Crippen LogP contribution in [0.4, 0.5) is 0 Å². The molecular formula is C14H15BrClNO. The summed E-state index contributed by atoms with van der Waals surface area (Å²) in [6.45, 7) is 2.12. The van der Waals surface area contributed by atoms with Crippen molar-refractivity contribution < 1.29 is 5.11 Å². The second-order valence-electron chi connectivity index (χ2n) is 5.18. The smallest absolute Gasteiger partial charge is 0.0987 e. The standard InChI is InChI=1S/C14H15BrClNO/c1-9-4-5-14(7-9,8-17)13(18)11-6-10(16)2-3-12(11)15/h2-3,6,9,13,18H,4-5,7H2,1H3. The van der Waals surface area contributed by atoms with E-state index in [9.17, 15) is 10.4 Å². The number of halogens is 2. The van der Waals surface area contributed by atoms with E-state index in [1.807, 2.05) is 6.07 Å². The minimum absolute atomic E-state index is 0.484. The van der Waals surface area contributed by atoms with Crippen molar-refractivity contribution in [1.29, 1.82) is 5.26 Å². The van der Waals surface area contributed by atoms with Crippen LogP contribution in [0.2, 0.25) is 5.02 Å². The first-order valence-electron chi connectivity index (χ1n) is 6.03. The van der Waals surface area contributed by atoms with Gasteiger partial charge >= 0.3 is 0 Å². The summed E-state index contributed by atoms with van der Waals surface area (Å²) in [6, 6.07) is 7.65. The first-order valence-corrected chi connectivity index (χ1v) is 7.20. The highest BCUT2D eigenvalue weighted by atomic mass is 79.9. The molecule has 1 saturated carbocycles. The van der Waals surface area contributed by atoms with Crippen molar-refractivity contribution in [3.8, 4) is 6.07 Å². The van der Waals surface area contributed by atoms with Gasteiger partial charge in [0.2, 0.25) is 0 Å². The van der Waals surface area contributed by atoms with Gasteiger partial charge in [0.05, 0.1) is 17.6 Å². The molecule has 96 valence electrons. The van der Waals surface area contributed by atoms with Gasteiger partial charge in [0.15, 0.2) is 0 Å². The van der Waals surface area contributed by atoms with E-state index in [4.69, 9.17) is 11.6 Å². The molecule has 0 bridgehead atoms. The molecular weight excluding hydrogens is 314 g/mol. The lowest BCUT2D eigenvalue weighted by atomic mass is 9.78. The highest BCUT2D eigenvalue weighted by Crippen LogP contribution is 2.50. The van der Waals surface area contributed by atoms with Gasteiger partial charge in [-0.3, -0.25) is 0 Å². The molecule has 1 N–H and O–H groups in total. The highest BCUT2D eigenvalue weighted by molar-refractivity contribution is 9.10. The summed E-state index contributed by atoms with van der Waals surface area (Å²) < 4.78 is 0.800. The van der Waals surface area contributed by atoms with Crippen LogP contribution in [-0.4, -0.2) is 5.11 Å². The Labute approximate surface area is 121 Å². The molecule has 4 heteroatoms. The SMILES string of the molecule is CC1CCC(C#N)(C(O)c2cc(Cl)ccc2Br)C1. The number of hydrogen-bond acceptors (Lipinski definition) is 2. The van der Waals surface area contributed by atoms with Crippen LogP contribution in [0.3, 0.4) is 0 Å². The van der Waals surface area contributed by atoms with Crippen LogP contribution in [0.1, 0.15) is 37.9 Å². The summed E-state index contributed by atoms with van der Waals surface area (Å²) in [5, 5.41) is 20.6.